The van der Waals surface area contributed by atoms with Gasteiger partial charge in [0.05, 0.1) is 11.8 Å². The van der Waals surface area contributed by atoms with Crippen molar-refractivity contribution in [2.45, 2.75) is 33.2 Å². The Labute approximate surface area is 188 Å². The SMILES string of the molecule is CN=C(NCCCN1C(=O)C2C3C=CC(C3)C2C1=O)NCc1cc(C)oc1C.I. The number of hydrogen-bond donors (Lipinski definition) is 2. The molecule has 158 valence electrons. The minimum Gasteiger partial charge on any atom is -0.466 e. The number of nitrogens with one attached hydrogen (secondary N) is 2. The van der Waals surface area contributed by atoms with Gasteiger partial charge in [0.2, 0.25) is 11.8 Å². The number of carbonyl (C=O) groups is 2. The lowest BCUT2D eigenvalue weighted by Gasteiger charge is -2.18. The molecule has 1 aromatic heterocycles. The van der Waals surface area contributed by atoms with E-state index in [2.05, 4.69) is 27.8 Å². The highest BCUT2D eigenvalue weighted by Gasteiger charge is 2.58. The molecule has 7 nitrogen and oxygen atoms in total. The van der Waals surface area contributed by atoms with Crippen molar-refractivity contribution < 1.29 is 14.0 Å². The Morgan fingerprint density at radius 2 is 1.83 bits per heavy atom. The fourth-order valence-corrected chi connectivity index (χ4v) is 4.89. The number of furan rings is 1. The van der Waals surface area contributed by atoms with Crippen LogP contribution >= 0.6 is 24.0 Å². The van der Waals surface area contributed by atoms with Gasteiger partial charge in [-0.2, -0.15) is 0 Å². The van der Waals surface area contributed by atoms with Crippen LogP contribution in [-0.4, -0.2) is 42.8 Å². The van der Waals surface area contributed by atoms with E-state index < -0.39 is 0 Å². The van der Waals surface area contributed by atoms with E-state index in [0.717, 1.165) is 23.5 Å². The second kappa shape index (κ2) is 8.89. The molecule has 4 rings (SSSR count). The van der Waals surface area contributed by atoms with Crippen molar-refractivity contribution in [1.82, 2.24) is 15.5 Å². The number of rotatable bonds is 6. The molecule has 2 bridgehead atoms. The quantitative estimate of drug-likeness (QED) is 0.153. The summed E-state index contributed by atoms with van der Waals surface area (Å²) in [5, 5.41) is 6.51. The van der Waals surface area contributed by atoms with Crippen LogP contribution in [-0.2, 0) is 16.1 Å². The average molecular weight is 512 g/mol. The van der Waals surface area contributed by atoms with Crippen LogP contribution in [0.4, 0.5) is 0 Å². The van der Waals surface area contributed by atoms with Gasteiger partial charge in [-0.05, 0) is 44.6 Å². The van der Waals surface area contributed by atoms with E-state index in [1.807, 2.05) is 19.9 Å². The van der Waals surface area contributed by atoms with E-state index in [4.69, 9.17) is 4.42 Å². The highest BCUT2D eigenvalue weighted by Crippen LogP contribution is 2.52. The van der Waals surface area contributed by atoms with Gasteiger partial charge in [-0.3, -0.25) is 19.5 Å². The molecule has 29 heavy (non-hydrogen) atoms. The number of imide groups is 1. The first-order valence-electron chi connectivity index (χ1n) is 10.0. The summed E-state index contributed by atoms with van der Waals surface area (Å²) in [4.78, 5) is 31.0. The summed E-state index contributed by atoms with van der Waals surface area (Å²) in [5.74, 6) is 2.88. The lowest BCUT2D eigenvalue weighted by atomic mass is 9.85. The van der Waals surface area contributed by atoms with Crippen molar-refractivity contribution in [3.05, 3.63) is 35.3 Å². The Morgan fingerprint density at radius 1 is 1.17 bits per heavy atom. The molecule has 2 amide bonds. The average Bonchev–Trinajstić information content (AvgIpc) is 3.41. The number of hydrogen-bond acceptors (Lipinski definition) is 4. The largest absolute Gasteiger partial charge is 0.466 e. The maximum atomic E-state index is 12.7. The van der Waals surface area contributed by atoms with Crippen molar-refractivity contribution in [1.29, 1.82) is 0 Å². The lowest BCUT2D eigenvalue weighted by Crippen LogP contribution is -2.39. The van der Waals surface area contributed by atoms with Crippen LogP contribution < -0.4 is 10.6 Å². The van der Waals surface area contributed by atoms with E-state index in [9.17, 15) is 9.59 Å². The summed E-state index contributed by atoms with van der Waals surface area (Å²) >= 11 is 0. The molecule has 4 atom stereocenters. The topological polar surface area (TPSA) is 86.9 Å². The van der Waals surface area contributed by atoms with E-state index in [-0.39, 0.29) is 59.5 Å². The Kier molecular flexibility index (Phi) is 6.70. The number of nitrogens with zero attached hydrogens (tertiary/aromatic N) is 2. The van der Waals surface area contributed by atoms with E-state index in [1.165, 1.54) is 4.90 Å². The molecule has 0 spiro atoms. The van der Waals surface area contributed by atoms with Crippen molar-refractivity contribution >= 4 is 41.8 Å². The molecule has 4 unspecified atom stereocenters. The molecule has 0 aromatic carbocycles. The van der Waals surface area contributed by atoms with Crippen molar-refractivity contribution in [2.24, 2.45) is 28.7 Å². The summed E-state index contributed by atoms with van der Waals surface area (Å²) < 4.78 is 5.53. The van der Waals surface area contributed by atoms with E-state index in [0.29, 0.717) is 32.0 Å². The monoisotopic (exact) mass is 512 g/mol. The first-order chi connectivity index (χ1) is 13.5. The Balaban J connectivity index is 0.00000240. The zero-order valence-corrected chi connectivity index (χ0v) is 19.4. The van der Waals surface area contributed by atoms with Crippen LogP contribution in [0.2, 0.25) is 0 Å². The van der Waals surface area contributed by atoms with Gasteiger partial charge in [0.1, 0.15) is 11.5 Å². The molecule has 1 saturated carbocycles. The highest BCUT2D eigenvalue weighted by atomic mass is 127. The molecule has 1 aliphatic heterocycles. The summed E-state index contributed by atoms with van der Waals surface area (Å²) in [7, 11) is 1.72. The standard InChI is InChI=1S/C21H28N4O3.HI/c1-12-9-16(13(2)28-12)11-24-21(22-3)23-7-4-8-25-19(26)17-14-5-6-15(10-14)18(17)20(25)27;/h5-6,9,14-15,17-18H,4,7-8,10-11H2,1-3H3,(H2,22,23,24);1H. The second-order valence-corrected chi connectivity index (χ2v) is 7.97. The molecule has 2 N–H and O–H groups in total. The van der Waals surface area contributed by atoms with E-state index in [1.54, 1.807) is 7.05 Å². The van der Waals surface area contributed by atoms with Crippen LogP contribution in [0.3, 0.4) is 0 Å². The molecule has 2 fully saturated rings. The van der Waals surface area contributed by atoms with Gasteiger partial charge < -0.3 is 15.1 Å². The fraction of sp³-hybridized carbons (Fsp3) is 0.571. The van der Waals surface area contributed by atoms with Crippen molar-refractivity contribution in [3.63, 3.8) is 0 Å². The third kappa shape index (κ3) is 4.08. The van der Waals surface area contributed by atoms with Gasteiger partial charge in [0.15, 0.2) is 5.96 Å². The predicted molar refractivity (Wildman–Crippen MR) is 121 cm³/mol. The summed E-state index contributed by atoms with van der Waals surface area (Å²) in [6.45, 7) is 5.61. The smallest absolute Gasteiger partial charge is 0.233 e. The minimum atomic E-state index is -0.105. The van der Waals surface area contributed by atoms with Gasteiger partial charge >= 0.3 is 0 Å². The van der Waals surface area contributed by atoms with Crippen LogP contribution in [0, 0.1) is 37.5 Å². The molecular formula is C21H29IN4O3. The van der Waals surface area contributed by atoms with Crippen LogP contribution in [0.25, 0.3) is 0 Å². The maximum Gasteiger partial charge on any atom is 0.233 e. The number of aliphatic imine (C=N–C) groups is 1. The minimum absolute atomic E-state index is 0. The van der Waals surface area contributed by atoms with Crippen LogP contribution in [0.1, 0.15) is 29.9 Å². The molecule has 0 radical (unpaired) electrons. The molecule has 2 heterocycles. The number of aryl methyl sites for hydroxylation is 2. The lowest BCUT2D eigenvalue weighted by molar-refractivity contribution is -0.140. The summed E-state index contributed by atoms with van der Waals surface area (Å²) in [5.41, 5.74) is 1.10. The van der Waals surface area contributed by atoms with Crippen LogP contribution in [0.5, 0.6) is 0 Å². The fourth-order valence-electron chi connectivity index (χ4n) is 4.89. The zero-order chi connectivity index (χ0) is 19.8. The Morgan fingerprint density at radius 3 is 2.38 bits per heavy atom. The number of likely N-dealkylation sites (tertiary alicyclic amines) is 1. The van der Waals surface area contributed by atoms with Gasteiger partial charge in [-0.15, -0.1) is 24.0 Å². The Hall–Kier alpha value is -1.84. The Bertz CT molecular complexity index is 817. The second-order valence-electron chi connectivity index (χ2n) is 7.97. The van der Waals surface area contributed by atoms with Crippen molar-refractivity contribution in [3.8, 4) is 0 Å². The normalized spacial score (nSPS) is 27.4. The third-order valence-electron chi connectivity index (χ3n) is 6.23. The van der Waals surface area contributed by atoms with Gasteiger partial charge in [0, 0.05) is 32.2 Å². The zero-order valence-electron chi connectivity index (χ0n) is 17.1. The van der Waals surface area contributed by atoms with Gasteiger partial charge in [-0.1, -0.05) is 12.2 Å². The van der Waals surface area contributed by atoms with Gasteiger partial charge in [-0.25, -0.2) is 0 Å². The molecule has 3 aliphatic rings. The molecule has 2 aliphatic carbocycles. The summed E-state index contributed by atoms with van der Waals surface area (Å²) in [6, 6.07) is 2.01. The number of amides is 2. The number of carbonyl (C=O) groups excluding carboxylic acids is 2. The first kappa shape index (κ1) is 21.9. The van der Waals surface area contributed by atoms with Crippen LogP contribution in [0.15, 0.2) is 27.6 Å². The number of fused-ring (bicyclic) bond motifs is 5. The third-order valence-corrected chi connectivity index (χ3v) is 6.23. The molecule has 1 saturated heterocycles. The first-order valence-corrected chi connectivity index (χ1v) is 10.0. The van der Waals surface area contributed by atoms with E-state index >= 15 is 0 Å². The molecular weight excluding hydrogens is 483 g/mol. The highest BCUT2D eigenvalue weighted by molar-refractivity contribution is 14.0. The number of allylic oxidation sites excluding steroid dienone is 2. The number of halogens is 1. The maximum absolute atomic E-state index is 12.7. The molecule has 1 aromatic rings. The van der Waals surface area contributed by atoms with Crippen molar-refractivity contribution in [2.75, 3.05) is 20.1 Å². The predicted octanol–water partition coefficient (Wildman–Crippen LogP) is 2.38. The molecule has 8 heteroatoms. The van der Waals surface area contributed by atoms with Gasteiger partial charge in [0.25, 0.3) is 0 Å². The number of guanidine groups is 1. The summed E-state index contributed by atoms with van der Waals surface area (Å²) in [6.07, 6.45) is 5.92.